The van der Waals surface area contributed by atoms with Gasteiger partial charge in [0.05, 0.1) is 11.9 Å². The first-order valence-corrected chi connectivity index (χ1v) is 12.4. The molecule has 3 N–H and O–H groups in total. The number of nitrogens with two attached hydrogens (primary N) is 1. The summed E-state index contributed by atoms with van der Waals surface area (Å²) in [6, 6.07) is 7.08. The van der Waals surface area contributed by atoms with Crippen molar-refractivity contribution in [3.05, 3.63) is 72.9 Å². The third-order valence-corrected chi connectivity index (χ3v) is 5.89. The van der Waals surface area contributed by atoms with E-state index in [1.807, 2.05) is 40.1 Å². The van der Waals surface area contributed by atoms with Gasteiger partial charge in [0.2, 0.25) is 11.8 Å². The third kappa shape index (κ3) is 5.86. The number of carbonyl (C=O) groups excluding carboxylic acids is 1. The van der Waals surface area contributed by atoms with Crippen molar-refractivity contribution >= 4 is 28.2 Å². The molecule has 0 atom stereocenters. The van der Waals surface area contributed by atoms with Gasteiger partial charge in [-0.3, -0.25) is 14.5 Å². The van der Waals surface area contributed by atoms with E-state index >= 15 is 4.39 Å². The minimum Gasteiger partial charge on any atom is -0.443 e. The molecule has 0 spiro atoms. The SMILES string of the molecule is CC.Cc1cc(-c2ncco2)ncc1-c1cc2cc(NC(=O)C3CC3)ncc2c(N)c1F.Cn1cccn1. The van der Waals surface area contributed by atoms with Crippen LogP contribution in [0.5, 0.6) is 0 Å². The molecule has 1 aliphatic rings. The number of aryl methyl sites for hydroxylation is 2. The molecule has 4 aromatic heterocycles. The van der Waals surface area contributed by atoms with E-state index in [9.17, 15) is 4.79 Å². The second-order valence-electron chi connectivity index (χ2n) is 8.61. The van der Waals surface area contributed by atoms with Crippen molar-refractivity contribution in [1.82, 2.24) is 24.7 Å². The lowest BCUT2D eigenvalue weighted by Crippen LogP contribution is -2.14. The van der Waals surface area contributed by atoms with Crippen molar-refractivity contribution in [2.24, 2.45) is 13.0 Å². The molecule has 9 nitrogen and oxygen atoms in total. The number of hydrogen-bond donors (Lipinski definition) is 2. The van der Waals surface area contributed by atoms with Gasteiger partial charge in [0.15, 0.2) is 5.82 Å². The van der Waals surface area contributed by atoms with Crippen LogP contribution in [0.3, 0.4) is 0 Å². The molecule has 0 radical (unpaired) electrons. The number of nitrogen functional groups attached to an aromatic ring is 1. The van der Waals surface area contributed by atoms with Crippen LogP contribution in [0.4, 0.5) is 15.9 Å². The Kier molecular flexibility index (Phi) is 8.10. The Morgan fingerprint density at radius 1 is 1.11 bits per heavy atom. The number of fused-ring (bicyclic) bond motifs is 1. The van der Waals surface area contributed by atoms with Crippen molar-refractivity contribution in [3.8, 4) is 22.7 Å². The summed E-state index contributed by atoms with van der Waals surface area (Å²) in [6.45, 7) is 5.86. The number of pyridine rings is 2. The average Bonchev–Trinajstić information content (AvgIpc) is 3.41. The molecule has 1 fully saturated rings. The Morgan fingerprint density at radius 2 is 1.89 bits per heavy atom. The van der Waals surface area contributed by atoms with Gasteiger partial charge in [0.1, 0.15) is 17.8 Å². The number of benzene rings is 1. The summed E-state index contributed by atoms with van der Waals surface area (Å²) in [5, 5.41) is 7.81. The van der Waals surface area contributed by atoms with Crippen LogP contribution in [0, 0.1) is 18.7 Å². The highest BCUT2D eigenvalue weighted by atomic mass is 19.1. The highest BCUT2D eigenvalue weighted by molar-refractivity contribution is 6.00. The lowest BCUT2D eigenvalue weighted by atomic mass is 9.97. The lowest BCUT2D eigenvalue weighted by molar-refractivity contribution is -0.117. The number of rotatable bonds is 4. The fourth-order valence-corrected chi connectivity index (χ4v) is 3.79. The van der Waals surface area contributed by atoms with E-state index in [2.05, 4.69) is 25.4 Å². The van der Waals surface area contributed by atoms with Gasteiger partial charge >= 0.3 is 0 Å². The monoisotopic (exact) mass is 515 g/mol. The number of carbonyl (C=O) groups is 1. The van der Waals surface area contributed by atoms with Crippen LogP contribution in [0.2, 0.25) is 0 Å². The highest BCUT2D eigenvalue weighted by Gasteiger charge is 2.29. The first-order valence-electron chi connectivity index (χ1n) is 12.4. The van der Waals surface area contributed by atoms with Gasteiger partial charge in [-0.15, -0.1) is 0 Å². The molecular formula is C28H30FN7O2. The van der Waals surface area contributed by atoms with Crippen LogP contribution in [0.1, 0.15) is 32.3 Å². The zero-order valence-corrected chi connectivity index (χ0v) is 21.8. The van der Waals surface area contributed by atoms with E-state index in [0.29, 0.717) is 39.3 Å². The van der Waals surface area contributed by atoms with Crippen LogP contribution in [0.25, 0.3) is 33.5 Å². The molecular weight excluding hydrogens is 485 g/mol. The second kappa shape index (κ2) is 11.6. The van der Waals surface area contributed by atoms with E-state index in [1.165, 1.54) is 18.7 Å². The maximum Gasteiger partial charge on any atom is 0.244 e. The summed E-state index contributed by atoms with van der Waals surface area (Å²) in [5.41, 5.74) is 8.38. The zero-order chi connectivity index (χ0) is 27.2. The smallest absolute Gasteiger partial charge is 0.244 e. The van der Waals surface area contributed by atoms with Crippen molar-refractivity contribution in [2.75, 3.05) is 11.1 Å². The standard InChI is InChI=1S/C22H18FN5O2.C4H6N2.C2H6/c1-11-6-17(22-25-4-5-30-22)26-9-15(11)14-7-13-8-18(28-21(29)12-2-3-12)27-10-16(13)20(24)19(14)23;1-6-4-2-3-5-6;1-2/h4-10,12H,2-3,24H2,1H3,(H,27,28,29);2-4H,1H3;1-2H3. The predicted octanol–water partition coefficient (Wildman–Crippen LogP) is 5.78. The summed E-state index contributed by atoms with van der Waals surface area (Å²) in [4.78, 5) is 24.7. The van der Waals surface area contributed by atoms with E-state index < -0.39 is 5.82 Å². The van der Waals surface area contributed by atoms with Gasteiger partial charge in [0, 0.05) is 54.3 Å². The van der Waals surface area contributed by atoms with Gasteiger partial charge in [-0.2, -0.15) is 5.10 Å². The number of halogens is 1. The molecule has 5 aromatic rings. The Morgan fingerprint density at radius 3 is 2.47 bits per heavy atom. The van der Waals surface area contributed by atoms with Gasteiger partial charge in [-0.25, -0.2) is 14.4 Å². The molecule has 38 heavy (non-hydrogen) atoms. The van der Waals surface area contributed by atoms with Crippen LogP contribution < -0.4 is 11.1 Å². The van der Waals surface area contributed by atoms with Crippen LogP contribution in [-0.2, 0) is 11.8 Å². The van der Waals surface area contributed by atoms with Crippen LogP contribution >= 0.6 is 0 Å². The van der Waals surface area contributed by atoms with Crippen molar-refractivity contribution < 1.29 is 13.6 Å². The molecule has 0 bridgehead atoms. The Labute approximate surface area is 219 Å². The number of anilines is 2. The number of nitrogens with zero attached hydrogens (tertiary/aromatic N) is 5. The van der Waals surface area contributed by atoms with Crippen molar-refractivity contribution in [3.63, 3.8) is 0 Å². The molecule has 6 rings (SSSR count). The summed E-state index contributed by atoms with van der Waals surface area (Å²) < 4.78 is 22.1. The summed E-state index contributed by atoms with van der Waals surface area (Å²) in [7, 11) is 1.89. The van der Waals surface area contributed by atoms with Crippen LogP contribution in [0.15, 0.2) is 65.9 Å². The average molecular weight is 516 g/mol. The number of oxazole rings is 1. The van der Waals surface area contributed by atoms with E-state index in [1.54, 1.807) is 35.3 Å². The number of amides is 1. The fraction of sp³-hybridized carbons (Fsp3) is 0.250. The van der Waals surface area contributed by atoms with Gasteiger partial charge in [-0.05, 0) is 55.0 Å². The molecule has 1 aliphatic carbocycles. The molecule has 10 heteroatoms. The Bertz CT molecular complexity index is 1530. The lowest BCUT2D eigenvalue weighted by Gasteiger charge is -2.13. The predicted molar refractivity (Wildman–Crippen MR) is 145 cm³/mol. The maximum atomic E-state index is 15.1. The highest BCUT2D eigenvalue weighted by Crippen LogP contribution is 2.36. The largest absolute Gasteiger partial charge is 0.443 e. The van der Waals surface area contributed by atoms with Gasteiger partial charge in [-0.1, -0.05) is 13.8 Å². The quantitative estimate of drug-likeness (QED) is 0.291. The summed E-state index contributed by atoms with van der Waals surface area (Å²) in [5.74, 6) is 0.301. The fourth-order valence-electron chi connectivity index (χ4n) is 3.79. The molecule has 196 valence electrons. The molecule has 0 aliphatic heterocycles. The molecule has 1 amide bonds. The Hall–Kier alpha value is -4.60. The molecule has 0 saturated heterocycles. The minimum absolute atomic E-state index is 0.00578. The molecule has 1 saturated carbocycles. The first kappa shape index (κ1) is 26.5. The maximum absolute atomic E-state index is 15.1. The molecule has 0 unspecified atom stereocenters. The van der Waals surface area contributed by atoms with E-state index in [4.69, 9.17) is 10.2 Å². The van der Waals surface area contributed by atoms with Crippen molar-refractivity contribution in [1.29, 1.82) is 0 Å². The third-order valence-electron chi connectivity index (χ3n) is 5.89. The minimum atomic E-state index is -0.534. The zero-order valence-electron chi connectivity index (χ0n) is 21.8. The molecule has 4 heterocycles. The number of nitrogens with one attached hydrogen (secondary N) is 1. The normalized spacial score (nSPS) is 12.2. The van der Waals surface area contributed by atoms with Crippen LogP contribution in [-0.4, -0.2) is 30.6 Å². The van der Waals surface area contributed by atoms with E-state index in [0.717, 1.165) is 18.4 Å². The Balaban J connectivity index is 0.000000366. The number of hydrogen-bond acceptors (Lipinski definition) is 7. The van der Waals surface area contributed by atoms with Gasteiger partial charge in [0.25, 0.3) is 0 Å². The number of aromatic nitrogens is 5. The first-order chi connectivity index (χ1) is 18.4. The van der Waals surface area contributed by atoms with E-state index in [-0.39, 0.29) is 17.5 Å². The summed E-state index contributed by atoms with van der Waals surface area (Å²) in [6.07, 6.45) is 11.5. The molecule has 1 aromatic carbocycles. The summed E-state index contributed by atoms with van der Waals surface area (Å²) >= 11 is 0. The van der Waals surface area contributed by atoms with Crippen molar-refractivity contribution in [2.45, 2.75) is 33.6 Å². The second-order valence-corrected chi connectivity index (χ2v) is 8.61. The van der Waals surface area contributed by atoms with Gasteiger partial charge < -0.3 is 15.5 Å². The topological polar surface area (TPSA) is 125 Å².